The van der Waals surface area contributed by atoms with Crippen LogP contribution in [0.15, 0.2) is 6.07 Å². The highest BCUT2D eigenvalue weighted by atomic mass is 19.4. The van der Waals surface area contributed by atoms with E-state index < -0.39 is 23.8 Å². The fourth-order valence-corrected chi connectivity index (χ4v) is 2.88. The van der Waals surface area contributed by atoms with E-state index in [2.05, 4.69) is 25.4 Å². The molecular formula is C15H18F3N7O. The van der Waals surface area contributed by atoms with Crippen molar-refractivity contribution in [3.05, 3.63) is 23.3 Å². The van der Waals surface area contributed by atoms with Gasteiger partial charge in [0.15, 0.2) is 0 Å². The van der Waals surface area contributed by atoms with E-state index in [1.54, 1.807) is 5.10 Å². The van der Waals surface area contributed by atoms with Crippen molar-refractivity contribution in [1.82, 2.24) is 25.1 Å². The number of nitrogens with one attached hydrogen (secondary N) is 2. The highest BCUT2D eigenvalue weighted by Gasteiger charge is 2.36. The summed E-state index contributed by atoms with van der Waals surface area (Å²) in [5, 5.41) is 7.50. The number of aryl methyl sites for hydroxylation is 2. The number of halogens is 3. The average Bonchev–Trinajstić information content (AvgIpc) is 3.03. The summed E-state index contributed by atoms with van der Waals surface area (Å²) in [6, 6.07) is 1.86. The lowest BCUT2D eigenvalue weighted by Crippen LogP contribution is -2.41. The maximum atomic E-state index is 12.5. The Morgan fingerprint density at radius 2 is 1.96 bits per heavy atom. The van der Waals surface area contributed by atoms with E-state index in [9.17, 15) is 18.0 Å². The Morgan fingerprint density at radius 1 is 1.27 bits per heavy atom. The number of nitrogens with zero attached hydrogens (tertiary/aromatic N) is 5. The number of amides is 1. The number of hydrogen-bond donors (Lipinski definition) is 2. The maximum Gasteiger partial charge on any atom is 0.451 e. The first kappa shape index (κ1) is 18.1. The number of hydrogen-bond acceptors (Lipinski definition) is 6. The zero-order valence-electron chi connectivity index (χ0n) is 14.3. The van der Waals surface area contributed by atoms with Gasteiger partial charge in [0.2, 0.25) is 23.6 Å². The van der Waals surface area contributed by atoms with Crippen LogP contribution in [0.3, 0.4) is 0 Å². The van der Waals surface area contributed by atoms with E-state index in [1.165, 1.54) is 0 Å². The quantitative estimate of drug-likeness (QED) is 0.859. The molecule has 2 N–H and O–H groups in total. The summed E-state index contributed by atoms with van der Waals surface area (Å²) in [5.74, 6) is -1.92. The van der Waals surface area contributed by atoms with Gasteiger partial charge in [-0.15, -0.1) is 5.10 Å². The molecule has 3 rings (SSSR count). The molecule has 0 spiro atoms. The van der Waals surface area contributed by atoms with Crippen LogP contribution in [0.5, 0.6) is 0 Å². The maximum absolute atomic E-state index is 12.5. The zero-order valence-corrected chi connectivity index (χ0v) is 14.3. The Balaban J connectivity index is 1.67. The number of aromatic nitrogens is 5. The fourth-order valence-electron chi connectivity index (χ4n) is 2.88. The first-order chi connectivity index (χ1) is 12.2. The predicted octanol–water partition coefficient (Wildman–Crippen LogP) is 2.09. The molecule has 2 aromatic rings. The Hall–Kier alpha value is -2.72. The van der Waals surface area contributed by atoms with Gasteiger partial charge in [0.1, 0.15) is 0 Å². The monoisotopic (exact) mass is 369 g/mol. The first-order valence-electron chi connectivity index (χ1n) is 8.10. The van der Waals surface area contributed by atoms with Crippen LogP contribution in [0.2, 0.25) is 0 Å². The van der Waals surface area contributed by atoms with E-state index >= 15 is 0 Å². The molecule has 1 fully saturated rings. The van der Waals surface area contributed by atoms with Crippen LogP contribution in [0, 0.1) is 19.8 Å². The molecule has 11 heteroatoms. The third-order valence-electron chi connectivity index (χ3n) is 4.03. The molecule has 0 radical (unpaired) electrons. The van der Waals surface area contributed by atoms with Crippen molar-refractivity contribution >= 4 is 17.8 Å². The van der Waals surface area contributed by atoms with Crippen LogP contribution in [0.25, 0.3) is 0 Å². The molecule has 1 saturated heterocycles. The molecule has 0 aromatic carbocycles. The number of H-pyrrole nitrogens is 1. The Bertz CT molecular complexity index is 785. The first-order valence-corrected chi connectivity index (χ1v) is 8.10. The summed E-state index contributed by atoms with van der Waals surface area (Å²) >= 11 is 0. The van der Waals surface area contributed by atoms with Crippen LogP contribution in [0.1, 0.15) is 30.1 Å². The van der Waals surface area contributed by atoms with Crippen molar-refractivity contribution in [3.63, 3.8) is 0 Å². The number of alkyl halides is 3. The van der Waals surface area contributed by atoms with Crippen molar-refractivity contribution in [2.24, 2.45) is 5.92 Å². The van der Waals surface area contributed by atoms with Gasteiger partial charge in [-0.1, -0.05) is 0 Å². The van der Waals surface area contributed by atoms with E-state index in [1.807, 2.05) is 24.8 Å². The molecule has 0 unspecified atom stereocenters. The van der Waals surface area contributed by atoms with Crippen LogP contribution in [0.4, 0.5) is 25.1 Å². The molecule has 0 bridgehead atoms. The average molecular weight is 369 g/mol. The molecule has 2 aromatic heterocycles. The number of anilines is 2. The number of rotatable bonds is 3. The highest BCUT2D eigenvalue weighted by Crippen LogP contribution is 2.27. The third kappa shape index (κ3) is 4.09. The van der Waals surface area contributed by atoms with Gasteiger partial charge in [-0.3, -0.25) is 15.2 Å². The van der Waals surface area contributed by atoms with Gasteiger partial charge in [-0.2, -0.15) is 18.2 Å². The lowest BCUT2D eigenvalue weighted by molar-refractivity contribution is -0.144. The van der Waals surface area contributed by atoms with Gasteiger partial charge in [0.05, 0.1) is 5.92 Å². The van der Waals surface area contributed by atoms with Crippen LogP contribution < -0.4 is 10.2 Å². The van der Waals surface area contributed by atoms with Gasteiger partial charge >= 0.3 is 6.18 Å². The molecule has 1 atom stereocenters. The lowest BCUT2D eigenvalue weighted by Gasteiger charge is -2.32. The largest absolute Gasteiger partial charge is 0.451 e. The van der Waals surface area contributed by atoms with Gasteiger partial charge in [-0.25, -0.2) is 9.97 Å². The minimum Gasteiger partial charge on any atom is -0.340 e. The van der Waals surface area contributed by atoms with Crippen molar-refractivity contribution in [2.45, 2.75) is 32.9 Å². The molecule has 8 nitrogen and oxygen atoms in total. The molecule has 0 aliphatic carbocycles. The fraction of sp³-hybridized carbons (Fsp3) is 0.533. The Kier molecular flexibility index (Phi) is 4.79. The third-order valence-corrected chi connectivity index (χ3v) is 4.03. The SMILES string of the molecule is Cc1cc(C)nc(N2CCC[C@@H](C(=O)Nc3n[nH]c(C(F)(F)F)n3)C2)n1. The highest BCUT2D eigenvalue weighted by molar-refractivity contribution is 5.91. The molecule has 1 aliphatic heterocycles. The molecular weight excluding hydrogens is 351 g/mol. The van der Waals surface area contributed by atoms with Gasteiger partial charge < -0.3 is 4.90 Å². The van der Waals surface area contributed by atoms with Crippen LogP contribution in [-0.2, 0) is 11.0 Å². The number of aromatic amines is 1. The van der Waals surface area contributed by atoms with E-state index in [-0.39, 0.29) is 5.95 Å². The Morgan fingerprint density at radius 3 is 2.58 bits per heavy atom. The minimum absolute atomic E-state index is 0.380. The summed E-state index contributed by atoms with van der Waals surface area (Å²) in [6.07, 6.45) is -3.28. The minimum atomic E-state index is -4.64. The topological polar surface area (TPSA) is 99.7 Å². The Labute approximate surface area is 147 Å². The van der Waals surface area contributed by atoms with Crippen molar-refractivity contribution in [2.75, 3.05) is 23.3 Å². The summed E-state index contributed by atoms with van der Waals surface area (Å²) in [4.78, 5) is 26.3. The van der Waals surface area contributed by atoms with Crippen LogP contribution in [-0.4, -0.2) is 44.1 Å². The summed E-state index contributed by atoms with van der Waals surface area (Å²) in [7, 11) is 0. The zero-order chi connectivity index (χ0) is 18.9. The lowest BCUT2D eigenvalue weighted by atomic mass is 9.97. The molecule has 26 heavy (non-hydrogen) atoms. The second-order valence-corrected chi connectivity index (χ2v) is 6.23. The van der Waals surface area contributed by atoms with E-state index in [0.29, 0.717) is 25.5 Å². The van der Waals surface area contributed by atoms with Crippen molar-refractivity contribution in [1.29, 1.82) is 0 Å². The number of carbonyl (C=O) groups excluding carboxylic acids is 1. The summed E-state index contributed by atoms with van der Waals surface area (Å²) in [5.41, 5.74) is 1.67. The second kappa shape index (κ2) is 6.89. The normalized spacial score (nSPS) is 18.0. The molecule has 1 aliphatic rings. The second-order valence-electron chi connectivity index (χ2n) is 6.23. The van der Waals surface area contributed by atoms with E-state index in [4.69, 9.17) is 0 Å². The molecule has 140 valence electrons. The molecule has 1 amide bonds. The van der Waals surface area contributed by atoms with Crippen molar-refractivity contribution in [3.8, 4) is 0 Å². The van der Waals surface area contributed by atoms with E-state index in [0.717, 1.165) is 17.8 Å². The van der Waals surface area contributed by atoms with Gasteiger partial charge in [0, 0.05) is 24.5 Å². The summed E-state index contributed by atoms with van der Waals surface area (Å²) < 4.78 is 37.6. The smallest absolute Gasteiger partial charge is 0.340 e. The van der Waals surface area contributed by atoms with Crippen LogP contribution >= 0.6 is 0 Å². The summed E-state index contributed by atoms with van der Waals surface area (Å²) in [6.45, 7) is 4.83. The van der Waals surface area contributed by atoms with Gasteiger partial charge in [0.25, 0.3) is 0 Å². The van der Waals surface area contributed by atoms with Crippen molar-refractivity contribution < 1.29 is 18.0 Å². The standard InChI is InChI=1S/C15H18F3N7O/c1-8-6-9(2)20-14(19-8)25-5-3-4-10(7-25)11(26)21-13-22-12(23-24-13)15(16,17)18/h6,10H,3-5,7H2,1-2H3,(H2,21,22,23,24,26)/t10-/m1/s1. The number of piperidine rings is 1. The molecule has 3 heterocycles. The van der Waals surface area contributed by atoms with Gasteiger partial charge in [-0.05, 0) is 32.8 Å². The molecule has 0 saturated carbocycles. The predicted molar refractivity (Wildman–Crippen MR) is 86.5 cm³/mol. The number of carbonyl (C=O) groups is 1.